The van der Waals surface area contributed by atoms with Gasteiger partial charge in [-0.25, -0.2) is 19.9 Å². The van der Waals surface area contributed by atoms with Gasteiger partial charge in [-0.3, -0.25) is 0 Å². The fraction of sp³-hybridized carbons (Fsp3) is 0.600. The van der Waals surface area contributed by atoms with Crippen LogP contribution >= 0.6 is 0 Å². The molecule has 144 valence electrons. The van der Waals surface area contributed by atoms with E-state index >= 15 is 0 Å². The van der Waals surface area contributed by atoms with Crippen LogP contribution in [0.15, 0.2) is 12.5 Å². The zero-order valence-corrected chi connectivity index (χ0v) is 16.6. The van der Waals surface area contributed by atoms with Gasteiger partial charge in [0.15, 0.2) is 0 Å². The lowest BCUT2D eigenvalue weighted by Crippen LogP contribution is -2.38. The standard InChI is InChI=1S/C20H28N6O/c1-13-14(2)22-12-23-18(13)24-16-9-20(3,4)10-17-15(16)11-21-19(25-17)26-5-7-27-8-6-26/h11-12,16H,5-10H2,1-4H3,(H,22,23,24). The predicted molar refractivity (Wildman–Crippen MR) is 105 cm³/mol. The van der Waals surface area contributed by atoms with E-state index in [2.05, 4.69) is 45.9 Å². The van der Waals surface area contributed by atoms with Crippen LogP contribution in [0.5, 0.6) is 0 Å². The molecule has 7 nitrogen and oxygen atoms in total. The summed E-state index contributed by atoms with van der Waals surface area (Å²) in [4.78, 5) is 20.6. The molecule has 0 bridgehead atoms. The van der Waals surface area contributed by atoms with Crippen molar-refractivity contribution < 1.29 is 4.74 Å². The summed E-state index contributed by atoms with van der Waals surface area (Å²) in [6.07, 6.45) is 5.60. The van der Waals surface area contributed by atoms with Crippen molar-refractivity contribution in [3.63, 3.8) is 0 Å². The van der Waals surface area contributed by atoms with Crippen molar-refractivity contribution in [1.29, 1.82) is 0 Å². The fourth-order valence-electron chi connectivity index (χ4n) is 3.93. The Kier molecular flexibility index (Phi) is 4.72. The van der Waals surface area contributed by atoms with Crippen molar-refractivity contribution in [2.24, 2.45) is 5.41 Å². The molecule has 1 fully saturated rings. The summed E-state index contributed by atoms with van der Waals surface area (Å²) in [5, 5.41) is 3.64. The first kappa shape index (κ1) is 18.1. The number of morpholine rings is 1. The van der Waals surface area contributed by atoms with E-state index in [9.17, 15) is 0 Å². The molecule has 1 atom stereocenters. The van der Waals surface area contributed by atoms with E-state index < -0.39 is 0 Å². The van der Waals surface area contributed by atoms with Gasteiger partial charge in [-0.15, -0.1) is 0 Å². The average molecular weight is 368 g/mol. The summed E-state index contributed by atoms with van der Waals surface area (Å²) in [6.45, 7) is 11.9. The van der Waals surface area contributed by atoms with E-state index in [4.69, 9.17) is 9.72 Å². The van der Waals surface area contributed by atoms with Gasteiger partial charge in [0.2, 0.25) is 5.95 Å². The minimum atomic E-state index is 0.149. The second-order valence-corrected chi connectivity index (χ2v) is 8.35. The third kappa shape index (κ3) is 3.74. The second-order valence-electron chi connectivity index (χ2n) is 8.35. The Morgan fingerprint density at radius 1 is 1.15 bits per heavy atom. The summed E-state index contributed by atoms with van der Waals surface area (Å²) in [5.74, 6) is 1.72. The van der Waals surface area contributed by atoms with Crippen molar-refractivity contribution in [3.05, 3.63) is 35.0 Å². The van der Waals surface area contributed by atoms with Crippen molar-refractivity contribution in [1.82, 2.24) is 19.9 Å². The summed E-state index contributed by atoms with van der Waals surface area (Å²) in [6, 6.07) is 0.149. The number of ether oxygens (including phenoxy) is 1. The van der Waals surface area contributed by atoms with Gasteiger partial charge in [0.05, 0.1) is 24.9 Å². The molecule has 2 aromatic rings. The highest BCUT2D eigenvalue weighted by atomic mass is 16.5. The number of nitrogens with zero attached hydrogens (tertiary/aromatic N) is 5. The van der Waals surface area contributed by atoms with Gasteiger partial charge in [0.25, 0.3) is 0 Å². The summed E-state index contributed by atoms with van der Waals surface area (Å²) < 4.78 is 5.45. The molecule has 27 heavy (non-hydrogen) atoms. The third-order valence-corrected chi connectivity index (χ3v) is 5.61. The van der Waals surface area contributed by atoms with E-state index in [-0.39, 0.29) is 11.5 Å². The molecule has 7 heteroatoms. The highest BCUT2D eigenvalue weighted by molar-refractivity contribution is 5.48. The molecule has 0 amide bonds. The van der Waals surface area contributed by atoms with Crippen LogP contribution in [0.1, 0.15) is 48.8 Å². The average Bonchev–Trinajstić information content (AvgIpc) is 2.65. The van der Waals surface area contributed by atoms with Gasteiger partial charge in [0, 0.05) is 36.1 Å². The predicted octanol–water partition coefficient (Wildman–Crippen LogP) is 2.85. The Balaban J connectivity index is 1.65. The molecule has 1 aliphatic heterocycles. The van der Waals surface area contributed by atoms with Crippen LogP contribution in [0.4, 0.5) is 11.8 Å². The second kappa shape index (κ2) is 7.03. The SMILES string of the molecule is Cc1ncnc(NC2CC(C)(C)Cc3nc(N4CCOCC4)ncc32)c1C. The Labute approximate surface area is 160 Å². The van der Waals surface area contributed by atoms with Crippen LogP contribution in [0.25, 0.3) is 0 Å². The van der Waals surface area contributed by atoms with Gasteiger partial charge >= 0.3 is 0 Å². The fourth-order valence-corrected chi connectivity index (χ4v) is 3.93. The van der Waals surface area contributed by atoms with Crippen molar-refractivity contribution >= 4 is 11.8 Å². The van der Waals surface area contributed by atoms with Crippen LogP contribution in [-0.4, -0.2) is 46.2 Å². The zero-order valence-electron chi connectivity index (χ0n) is 16.6. The van der Waals surface area contributed by atoms with Gasteiger partial charge in [-0.2, -0.15) is 0 Å². The van der Waals surface area contributed by atoms with Crippen LogP contribution in [0, 0.1) is 19.3 Å². The van der Waals surface area contributed by atoms with Crippen LogP contribution in [-0.2, 0) is 11.2 Å². The maximum atomic E-state index is 5.45. The molecule has 1 saturated heterocycles. The van der Waals surface area contributed by atoms with Gasteiger partial charge < -0.3 is 15.0 Å². The smallest absolute Gasteiger partial charge is 0.225 e. The lowest BCUT2D eigenvalue weighted by molar-refractivity contribution is 0.122. The molecule has 0 radical (unpaired) electrons. The molecule has 1 unspecified atom stereocenters. The molecular weight excluding hydrogens is 340 g/mol. The van der Waals surface area contributed by atoms with Gasteiger partial charge in [-0.05, 0) is 32.1 Å². The highest BCUT2D eigenvalue weighted by Gasteiger charge is 2.34. The lowest BCUT2D eigenvalue weighted by atomic mass is 9.74. The van der Waals surface area contributed by atoms with Crippen LogP contribution < -0.4 is 10.2 Å². The zero-order chi connectivity index (χ0) is 19.0. The Hall–Kier alpha value is -2.28. The first-order valence-corrected chi connectivity index (χ1v) is 9.66. The molecule has 2 aliphatic rings. The number of hydrogen-bond acceptors (Lipinski definition) is 7. The van der Waals surface area contributed by atoms with Gasteiger partial charge in [0.1, 0.15) is 12.1 Å². The number of nitrogens with one attached hydrogen (secondary N) is 1. The van der Waals surface area contributed by atoms with E-state index in [0.717, 1.165) is 67.9 Å². The Bertz CT molecular complexity index is 831. The number of fused-ring (bicyclic) bond motifs is 1. The summed E-state index contributed by atoms with van der Waals surface area (Å²) in [5.41, 5.74) is 4.58. The van der Waals surface area contributed by atoms with Crippen LogP contribution in [0.2, 0.25) is 0 Å². The van der Waals surface area contributed by atoms with E-state index in [1.165, 1.54) is 5.56 Å². The molecule has 1 aliphatic carbocycles. The molecule has 0 saturated carbocycles. The van der Waals surface area contributed by atoms with E-state index in [1.54, 1.807) is 6.33 Å². The quantitative estimate of drug-likeness (QED) is 0.893. The first-order chi connectivity index (χ1) is 12.9. The minimum Gasteiger partial charge on any atom is -0.378 e. The molecule has 1 N–H and O–H groups in total. The minimum absolute atomic E-state index is 0.149. The molecule has 0 spiro atoms. The topological polar surface area (TPSA) is 76.1 Å². The Morgan fingerprint density at radius 2 is 1.93 bits per heavy atom. The molecule has 3 heterocycles. The van der Waals surface area contributed by atoms with E-state index in [0.29, 0.717) is 0 Å². The van der Waals surface area contributed by atoms with Crippen molar-refractivity contribution in [2.45, 2.75) is 46.6 Å². The van der Waals surface area contributed by atoms with Crippen molar-refractivity contribution in [2.75, 3.05) is 36.5 Å². The summed E-state index contributed by atoms with van der Waals surface area (Å²) in [7, 11) is 0. The normalized spacial score (nSPS) is 21.6. The number of aryl methyl sites for hydroxylation is 1. The Morgan fingerprint density at radius 3 is 2.70 bits per heavy atom. The number of aromatic nitrogens is 4. The third-order valence-electron chi connectivity index (χ3n) is 5.61. The van der Waals surface area contributed by atoms with Crippen molar-refractivity contribution in [3.8, 4) is 0 Å². The summed E-state index contributed by atoms with van der Waals surface area (Å²) >= 11 is 0. The maximum Gasteiger partial charge on any atom is 0.225 e. The van der Waals surface area contributed by atoms with Crippen LogP contribution in [0.3, 0.4) is 0 Å². The number of hydrogen-bond donors (Lipinski definition) is 1. The largest absolute Gasteiger partial charge is 0.378 e. The van der Waals surface area contributed by atoms with E-state index in [1.807, 2.05) is 13.1 Å². The monoisotopic (exact) mass is 368 g/mol. The van der Waals surface area contributed by atoms with Gasteiger partial charge in [-0.1, -0.05) is 13.8 Å². The number of anilines is 2. The first-order valence-electron chi connectivity index (χ1n) is 9.66. The molecule has 0 aromatic carbocycles. The molecule has 2 aromatic heterocycles. The molecular formula is C20H28N6O. The number of rotatable bonds is 3. The lowest BCUT2D eigenvalue weighted by Gasteiger charge is -2.37. The highest BCUT2D eigenvalue weighted by Crippen LogP contribution is 2.41. The maximum absolute atomic E-state index is 5.45. The molecule has 4 rings (SSSR count).